The quantitative estimate of drug-likeness (QED) is 0.755. The fourth-order valence-electron chi connectivity index (χ4n) is 3.10. The number of aromatic nitrogens is 1. The lowest BCUT2D eigenvalue weighted by atomic mass is 10.2. The van der Waals surface area contributed by atoms with Crippen LogP contribution < -0.4 is 5.32 Å². The maximum absolute atomic E-state index is 13.6. The largest absolute Gasteiger partial charge is 0.447 e. The Bertz CT molecular complexity index is 802. The van der Waals surface area contributed by atoms with E-state index in [0.717, 1.165) is 32.6 Å². The molecule has 1 saturated heterocycles. The van der Waals surface area contributed by atoms with Gasteiger partial charge in [0.15, 0.2) is 5.69 Å². The van der Waals surface area contributed by atoms with Crippen molar-refractivity contribution in [2.45, 2.75) is 32.9 Å². The van der Waals surface area contributed by atoms with E-state index in [4.69, 9.17) is 4.42 Å². The van der Waals surface area contributed by atoms with Gasteiger partial charge in [0.2, 0.25) is 5.89 Å². The lowest BCUT2D eigenvalue weighted by Crippen LogP contribution is -2.48. The van der Waals surface area contributed by atoms with E-state index >= 15 is 0 Å². The number of amides is 1. The average molecular weight is 390 g/mol. The van der Waals surface area contributed by atoms with Crippen molar-refractivity contribution in [2.75, 3.05) is 38.0 Å². The Balaban J connectivity index is 1.50. The Morgan fingerprint density at radius 1 is 1.32 bits per heavy atom. The molecule has 2 aromatic rings. The van der Waals surface area contributed by atoms with Crippen LogP contribution in [0.1, 0.15) is 35.3 Å². The number of oxazole rings is 1. The van der Waals surface area contributed by atoms with E-state index in [2.05, 4.69) is 20.1 Å². The molecule has 8 heteroatoms. The number of rotatable bonds is 7. The first-order chi connectivity index (χ1) is 13.4. The van der Waals surface area contributed by atoms with E-state index in [1.807, 2.05) is 6.92 Å². The fourth-order valence-corrected chi connectivity index (χ4v) is 3.10. The molecule has 7 nitrogen and oxygen atoms in total. The number of aryl methyl sites for hydroxylation is 1. The molecule has 1 aliphatic rings. The van der Waals surface area contributed by atoms with Gasteiger partial charge in [0.25, 0.3) is 5.91 Å². The molecule has 1 aliphatic heterocycles. The van der Waals surface area contributed by atoms with Crippen molar-refractivity contribution in [3.05, 3.63) is 47.4 Å². The molecule has 1 fully saturated rings. The van der Waals surface area contributed by atoms with Crippen LogP contribution in [0.2, 0.25) is 0 Å². The molecular weight excluding hydrogens is 363 g/mol. The number of carbonyl (C=O) groups is 1. The normalized spacial score (nSPS) is 16.9. The van der Waals surface area contributed by atoms with Crippen LogP contribution >= 0.6 is 0 Å². The lowest BCUT2D eigenvalue weighted by molar-refractivity contribution is 0.0658. The van der Waals surface area contributed by atoms with Crippen molar-refractivity contribution >= 4 is 11.6 Å². The van der Waals surface area contributed by atoms with Crippen molar-refractivity contribution < 1.29 is 18.7 Å². The van der Waals surface area contributed by atoms with Crippen molar-refractivity contribution in [3.63, 3.8) is 0 Å². The van der Waals surface area contributed by atoms with E-state index in [1.54, 1.807) is 19.1 Å². The standard InChI is InChI=1S/C20H27FN4O3/c1-3-16(26)11-24-6-8-25(9-7-24)12-19-23-18(13-28-19)20(27)22-15-5-4-14(2)17(21)10-15/h4-5,10,13,16,26H,3,6-9,11-12H2,1-2H3,(H,22,27). The third-order valence-corrected chi connectivity index (χ3v) is 4.98. The van der Waals surface area contributed by atoms with Gasteiger partial charge in [0.1, 0.15) is 12.1 Å². The third-order valence-electron chi connectivity index (χ3n) is 4.98. The molecule has 152 valence electrons. The summed E-state index contributed by atoms with van der Waals surface area (Å²) in [5.74, 6) is -0.330. The maximum Gasteiger partial charge on any atom is 0.277 e. The molecular formula is C20H27FN4O3. The number of aliphatic hydroxyl groups excluding tert-OH is 1. The summed E-state index contributed by atoms with van der Waals surface area (Å²) >= 11 is 0. The van der Waals surface area contributed by atoms with E-state index in [-0.39, 0.29) is 17.6 Å². The molecule has 28 heavy (non-hydrogen) atoms. The van der Waals surface area contributed by atoms with Gasteiger partial charge in [-0.3, -0.25) is 14.6 Å². The van der Waals surface area contributed by atoms with Crippen molar-refractivity contribution in [1.82, 2.24) is 14.8 Å². The summed E-state index contributed by atoms with van der Waals surface area (Å²) in [6.07, 6.45) is 1.81. The topological polar surface area (TPSA) is 81.8 Å². The van der Waals surface area contributed by atoms with Gasteiger partial charge in [0.05, 0.1) is 12.6 Å². The van der Waals surface area contributed by atoms with E-state index in [1.165, 1.54) is 12.3 Å². The highest BCUT2D eigenvalue weighted by Gasteiger charge is 2.21. The molecule has 0 spiro atoms. The van der Waals surface area contributed by atoms with Crippen molar-refractivity contribution in [1.29, 1.82) is 0 Å². The van der Waals surface area contributed by atoms with Gasteiger partial charge in [-0.15, -0.1) is 0 Å². The summed E-state index contributed by atoms with van der Waals surface area (Å²) in [5.41, 5.74) is 1.06. The number of aliphatic hydroxyl groups is 1. The Labute approximate surface area is 164 Å². The maximum atomic E-state index is 13.6. The minimum absolute atomic E-state index is 0.167. The van der Waals surface area contributed by atoms with Gasteiger partial charge >= 0.3 is 0 Å². The van der Waals surface area contributed by atoms with Crippen LogP contribution in [-0.2, 0) is 6.54 Å². The summed E-state index contributed by atoms with van der Waals surface area (Å²) in [6.45, 7) is 8.33. The number of nitrogens with one attached hydrogen (secondary N) is 1. The minimum atomic E-state index is -0.434. The molecule has 1 atom stereocenters. The van der Waals surface area contributed by atoms with Crippen molar-refractivity contribution in [2.24, 2.45) is 0 Å². The van der Waals surface area contributed by atoms with Crippen LogP contribution in [0.5, 0.6) is 0 Å². The zero-order chi connectivity index (χ0) is 20.1. The van der Waals surface area contributed by atoms with Gasteiger partial charge in [-0.25, -0.2) is 9.37 Å². The molecule has 0 bridgehead atoms. The summed E-state index contributed by atoms with van der Waals surface area (Å²) < 4.78 is 19.0. The molecule has 1 aromatic carbocycles. The summed E-state index contributed by atoms with van der Waals surface area (Å²) in [7, 11) is 0. The number of carbonyl (C=O) groups excluding carboxylic acids is 1. The second kappa shape index (κ2) is 9.27. The second-order valence-corrected chi connectivity index (χ2v) is 7.18. The van der Waals surface area contributed by atoms with Gasteiger partial charge in [0, 0.05) is 38.4 Å². The zero-order valence-corrected chi connectivity index (χ0v) is 16.3. The van der Waals surface area contributed by atoms with Crippen LogP contribution in [-0.4, -0.2) is 64.6 Å². The first-order valence-corrected chi connectivity index (χ1v) is 9.59. The van der Waals surface area contributed by atoms with Crippen LogP contribution in [0.15, 0.2) is 28.9 Å². The van der Waals surface area contributed by atoms with Gasteiger partial charge in [-0.2, -0.15) is 0 Å². The van der Waals surface area contributed by atoms with Crippen LogP contribution in [0.3, 0.4) is 0 Å². The van der Waals surface area contributed by atoms with Crippen LogP contribution in [0, 0.1) is 12.7 Å². The number of hydrogen-bond donors (Lipinski definition) is 2. The predicted octanol–water partition coefficient (Wildman–Crippen LogP) is 2.26. The van der Waals surface area contributed by atoms with Crippen LogP contribution in [0.4, 0.5) is 10.1 Å². The summed E-state index contributed by atoms with van der Waals surface area (Å²) in [5, 5.41) is 12.4. The van der Waals surface area contributed by atoms with Gasteiger partial charge < -0.3 is 14.8 Å². The smallest absolute Gasteiger partial charge is 0.277 e. The monoisotopic (exact) mass is 390 g/mol. The van der Waals surface area contributed by atoms with E-state index in [9.17, 15) is 14.3 Å². The van der Waals surface area contributed by atoms with E-state index in [0.29, 0.717) is 30.2 Å². The molecule has 0 aliphatic carbocycles. The fraction of sp³-hybridized carbons (Fsp3) is 0.500. The summed E-state index contributed by atoms with van der Waals surface area (Å²) in [4.78, 5) is 21.0. The second-order valence-electron chi connectivity index (χ2n) is 7.18. The highest BCUT2D eigenvalue weighted by Crippen LogP contribution is 2.15. The zero-order valence-electron chi connectivity index (χ0n) is 16.3. The van der Waals surface area contributed by atoms with Crippen molar-refractivity contribution in [3.8, 4) is 0 Å². The molecule has 0 radical (unpaired) electrons. The minimum Gasteiger partial charge on any atom is -0.447 e. The number of β-amino-alcohol motifs (C(OH)–C–C–N with tert-alkyl or cyclic N) is 1. The molecule has 2 heterocycles. The number of hydrogen-bond acceptors (Lipinski definition) is 6. The Kier molecular flexibility index (Phi) is 6.77. The molecule has 1 unspecified atom stereocenters. The number of anilines is 1. The van der Waals surface area contributed by atoms with Gasteiger partial charge in [-0.1, -0.05) is 13.0 Å². The number of benzene rings is 1. The molecule has 0 saturated carbocycles. The average Bonchev–Trinajstić information content (AvgIpc) is 3.15. The predicted molar refractivity (Wildman–Crippen MR) is 104 cm³/mol. The number of piperazine rings is 1. The summed E-state index contributed by atoms with van der Waals surface area (Å²) in [6, 6.07) is 4.54. The molecule has 1 aromatic heterocycles. The van der Waals surface area contributed by atoms with Gasteiger partial charge in [-0.05, 0) is 31.0 Å². The number of nitrogens with zero attached hydrogens (tertiary/aromatic N) is 3. The highest BCUT2D eigenvalue weighted by atomic mass is 19.1. The first kappa shape index (κ1) is 20.4. The Morgan fingerprint density at radius 2 is 2.04 bits per heavy atom. The highest BCUT2D eigenvalue weighted by molar-refractivity contribution is 6.02. The third kappa shape index (κ3) is 5.37. The SMILES string of the molecule is CCC(O)CN1CCN(Cc2nc(C(=O)Nc3ccc(C)c(F)c3)co2)CC1. The molecule has 3 rings (SSSR count). The molecule has 1 amide bonds. The van der Waals surface area contributed by atoms with E-state index < -0.39 is 5.91 Å². The lowest BCUT2D eigenvalue weighted by Gasteiger charge is -2.34. The molecule has 2 N–H and O–H groups in total. The Morgan fingerprint density at radius 3 is 2.71 bits per heavy atom. The Hall–Kier alpha value is -2.29. The first-order valence-electron chi connectivity index (χ1n) is 9.59. The number of halogens is 1. The van der Waals surface area contributed by atoms with Crippen LogP contribution in [0.25, 0.3) is 0 Å².